The fraction of sp³-hybridized carbons (Fsp3) is 0.538. The molecule has 0 aliphatic carbocycles. The third-order valence-electron chi connectivity index (χ3n) is 3.64. The molecular weight excluding hydrogens is 388 g/mol. The summed E-state index contributed by atoms with van der Waals surface area (Å²) in [5.74, 6) is -0.565. The topological polar surface area (TPSA) is 160 Å². The Balaban J connectivity index is 1.85. The van der Waals surface area contributed by atoms with Gasteiger partial charge in [0.25, 0.3) is 5.91 Å². The Labute approximate surface area is 154 Å². The van der Waals surface area contributed by atoms with Crippen molar-refractivity contribution in [1.29, 1.82) is 0 Å². The molecule has 5 N–H and O–H groups in total. The second-order valence-electron chi connectivity index (χ2n) is 5.52. The van der Waals surface area contributed by atoms with Gasteiger partial charge in [-0.05, 0) is 30.7 Å². The first-order valence-corrected chi connectivity index (χ1v) is 9.95. The molecule has 2 atom stereocenters. The second-order valence-corrected chi connectivity index (χ2v) is 7.52. The number of amides is 3. The summed E-state index contributed by atoms with van der Waals surface area (Å²) in [7, 11) is -4.84. The average molecular weight is 408 g/mol. The summed E-state index contributed by atoms with van der Waals surface area (Å²) in [4.78, 5) is 31.4. The third-order valence-corrected chi connectivity index (χ3v) is 4.94. The van der Waals surface area contributed by atoms with E-state index in [9.17, 15) is 18.0 Å². The molecule has 11 nitrogen and oxygen atoms in total. The molecule has 2 heterocycles. The lowest BCUT2D eigenvalue weighted by molar-refractivity contribution is -0.139. The minimum absolute atomic E-state index is 0.0526. The van der Waals surface area contributed by atoms with Gasteiger partial charge in [-0.25, -0.2) is 10.3 Å². The molecule has 0 spiro atoms. The zero-order valence-corrected chi connectivity index (χ0v) is 15.3. The zero-order chi connectivity index (χ0) is 19.2. The van der Waals surface area contributed by atoms with E-state index in [1.54, 1.807) is 5.48 Å². The second kappa shape index (κ2) is 9.25. The van der Waals surface area contributed by atoms with E-state index in [-0.39, 0.29) is 13.2 Å². The fourth-order valence-electron chi connectivity index (χ4n) is 2.45. The van der Waals surface area contributed by atoms with Crippen LogP contribution in [0.25, 0.3) is 0 Å². The maximum Gasteiger partial charge on any atom is 0.418 e. The van der Waals surface area contributed by atoms with Crippen LogP contribution in [0, 0.1) is 0 Å². The molecule has 1 unspecified atom stereocenters. The molecule has 1 aromatic heterocycles. The number of carbonyl (C=O) groups is 2. The van der Waals surface area contributed by atoms with Crippen LogP contribution >= 0.6 is 11.3 Å². The van der Waals surface area contributed by atoms with Crippen LogP contribution in [0.2, 0.25) is 0 Å². The summed E-state index contributed by atoms with van der Waals surface area (Å²) in [6.45, 7) is 0.268. The number of nitrogens with one attached hydrogen (secondary N) is 2. The predicted molar refractivity (Wildman–Crippen MR) is 90.9 cm³/mol. The summed E-state index contributed by atoms with van der Waals surface area (Å²) in [6, 6.07) is 1.47. The Morgan fingerprint density at radius 3 is 2.85 bits per heavy atom. The Kier molecular flexibility index (Phi) is 7.31. The summed E-state index contributed by atoms with van der Waals surface area (Å²) in [5, 5.41) is 1.88. The van der Waals surface area contributed by atoms with Gasteiger partial charge >= 0.3 is 16.4 Å². The molecule has 0 radical (unpaired) electrons. The smallest absolute Gasteiger partial charge is 0.321 e. The van der Waals surface area contributed by atoms with Crippen LogP contribution in [-0.2, 0) is 24.3 Å². The molecule has 13 heteroatoms. The molecule has 1 fully saturated rings. The van der Waals surface area contributed by atoms with Gasteiger partial charge in [-0.3, -0.25) is 14.2 Å². The van der Waals surface area contributed by atoms with Crippen LogP contribution in [0.5, 0.6) is 0 Å². The number of hydroxylamine groups is 2. The molecule has 2 rings (SSSR count). The van der Waals surface area contributed by atoms with Gasteiger partial charge in [0.2, 0.25) is 0 Å². The number of hydrogen-bond acceptors (Lipinski definition) is 8. The molecule has 1 aliphatic rings. The van der Waals surface area contributed by atoms with Crippen molar-refractivity contribution in [3.05, 3.63) is 22.4 Å². The molecular formula is C13H20N4O7S2. The van der Waals surface area contributed by atoms with Crippen molar-refractivity contribution in [1.82, 2.24) is 15.9 Å². The molecule has 26 heavy (non-hydrogen) atoms. The van der Waals surface area contributed by atoms with Crippen LogP contribution in [0.15, 0.2) is 17.5 Å². The van der Waals surface area contributed by atoms with Crippen LogP contribution in [-0.4, -0.2) is 49.0 Å². The molecule has 3 amide bonds. The number of carbonyl (C=O) groups excluding carboxylic acids is 2. The predicted octanol–water partition coefficient (Wildman–Crippen LogP) is 0.0942. The average Bonchev–Trinajstić information content (AvgIpc) is 3.13. The standard InChI is InChI=1S/C13H20N4O7S2/c14-9(11-5-3-7-25-11)8-23-15-12(18)10-4-1-2-6-17(10)13(19)16-24-26(20,21)22/h3,5,7,9-10H,1-2,4,6,8,14H2,(H,15,18)(H,16,19)(H,20,21,22)/t9?,10-/m0/s1. The summed E-state index contributed by atoms with van der Waals surface area (Å²) >= 11 is 1.47. The largest absolute Gasteiger partial charge is 0.418 e. The van der Waals surface area contributed by atoms with Gasteiger partial charge in [-0.2, -0.15) is 13.9 Å². The Bertz CT molecular complexity index is 710. The third kappa shape index (κ3) is 6.19. The van der Waals surface area contributed by atoms with E-state index in [1.807, 2.05) is 17.5 Å². The number of urea groups is 1. The van der Waals surface area contributed by atoms with Crippen LogP contribution in [0.3, 0.4) is 0 Å². The molecule has 0 bridgehead atoms. The minimum Gasteiger partial charge on any atom is -0.321 e. The highest BCUT2D eigenvalue weighted by Crippen LogP contribution is 2.18. The van der Waals surface area contributed by atoms with Crippen molar-refractivity contribution < 1.29 is 31.7 Å². The zero-order valence-electron chi connectivity index (χ0n) is 13.7. The monoisotopic (exact) mass is 408 g/mol. The SMILES string of the molecule is NC(CONC(=O)[C@@H]1CCCCN1C(=O)NOS(=O)(=O)O)c1cccs1. The molecule has 1 saturated heterocycles. The van der Waals surface area contributed by atoms with Crippen molar-refractivity contribution in [3.8, 4) is 0 Å². The molecule has 0 saturated carbocycles. The van der Waals surface area contributed by atoms with Crippen molar-refractivity contribution in [2.45, 2.75) is 31.3 Å². The number of hydrogen-bond donors (Lipinski definition) is 4. The van der Waals surface area contributed by atoms with Gasteiger partial charge in [0, 0.05) is 11.4 Å². The molecule has 0 aromatic carbocycles. The molecule has 146 valence electrons. The quantitative estimate of drug-likeness (QED) is 0.365. The normalized spacial score (nSPS) is 19.0. The van der Waals surface area contributed by atoms with E-state index in [1.165, 1.54) is 11.3 Å². The number of likely N-dealkylation sites (tertiary alicyclic amines) is 1. The van der Waals surface area contributed by atoms with Gasteiger partial charge in [0.05, 0.1) is 12.6 Å². The lowest BCUT2D eigenvalue weighted by Gasteiger charge is -2.33. The van der Waals surface area contributed by atoms with E-state index in [4.69, 9.17) is 15.1 Å². The summed E-state index contributed by atoms with van der Waals surface area (Å²) < 4.78 is 33.4. The van der Waals surface area contributed by atoms with Gasteiger partial charge in [0.1, 0.15) is 6.04 Å². The Morgan fingerprint density at radius 2 is 2.19 bits per heavy atom. The van der Waals surface area contributed by atoms with E-state index in [2.05, 4.69) is 9.76 Å². The fourth-order valence-corrected chi connectivity index (χ4v) is 3.34. The van der Waals surface area contributed by atoms with Gasteiger partial charge in [-0.15, -0.1) is 15.6 Å². The Hall–Kier alpha value is -1.77. The highest BCUT2D eigenvalue weighted by atomic mass is 32.3. The first-order chi connectivity index (χ1) is 12.3. The number of nitrogens with zero attached hydrogens (tertiary/aromatic N) is 1. The molecule has 1 aromatic rings. The first-order valence-electron chi connectivity index (χ1n) is 7.71. The number of piperidine rings is 1. The van der Waals surface area contributed by atoms with Crippen molar-refractivity contribution in [3.63, 3.8) is 0 Å². The van der Waals surface area contributed by atoms with Crippen LogP contribution < -0.4 is 16.7 Å². The highest BCUT2D eigenvalue weighted by molar-refractivity contribution is 7.80. The van der Waals surface area contributed by atoms with Gasteiger partial charge in [-0.1, -0.05) is 6.07 Å². The lowest BCUT2D eigenvalue weighted by Crippen LogP contribution is -2.55. The first kappa shape index (κ1) is 20.5. The number of rotatable bonds is 7. The van der Waals surface area contributed by atoms with E-state index in [0.29, 0.717) is 19.3 Å². The van der Waals surface area contributed by atoms with E-state index in [0.717, 1.165) is 9.78 Å². The summed E-state index contributed by atoms with van der Waals surface area (Å²) in [5.41, 5.74) is 9.76. The Morgan fingerprint density at radius 1 is 1.42 bits per heavy atom. The maximum absolute atomic E-state index is 12.3. The van der Waals surface area contributed by atoms with E-state index >= 15 is 0 Å². The van der Waals surface area contributed by atoms with Gasteiger partial charge in [0.15, 0.2) is 0 Å². The van der Waals surface area contributed by atoms with E-state index < -0.39 is 34.4 Å². The van der Waals surface area contributed by atoms with Gasteiger partial charge < -0.3 is 10.6 Å². The minimum atomic E-state index is -4.84. The maximum atomic E-state index is 12.3. The number of thiophene rings is 1. The summed E-state index contributed by atoms with van der Waals surface area (Å²) in [6.07, 6.45) is 1.70. The van der Waals surface area contributed by atoms with Crippen LogP contribution in [0.1, 0.15) is 30.2 Å². The van der Waals surface area contributed by atoms with Crippen molar-refractivity contribution >= 4 is 33.7 Å². The van der Waals surface area contributed by atoms with Crippen molar-refractivity contribution in [2.75, 3.05) is 13.2 Å². The highest BCUT2D eigenvalue weighted by Gasteiger charge is 2.33. The number of nitrogens with two attached hydrogens (primary N) is 1. The van der Waals surface area contributed by atoms with Crippen LogP contribution in [0.4, 0.5) is 4.79 Å². The lowest BCUT2D eigenvalue weighted by atomic mass is 10.0. The molecule has 1 aliphatic heterocycles. The van der Waals surface area contributed by atoms with Crippen molar-refractivity contribution in [2.24, 2.45) is 5.73 Å².